The van der Waals surface area contributed by atoms with E-state index in [9.17, 15) is 4.79 Å². The van der Waals surface area contributed by atoms with Crippen LogP contribution in [0.1, 0.15) is 63.3 Å². The number of piperidine rings is 1. The Morgan fingerprint density at radius 2 is 1.51 bits per heavy atom. The van der Waals surface area contributed by atoms with Gasteiger partial charge in [-0.1, -0.05) is 68.2 Å². The number of hydrogen-bond donors (Lipinski definition) is 0. The van der Waals surface area contributed by atoms with Gasteiger partial charge in [-0.15, -0.1) is 0 Å². The fourth-order valence-electron chi connectivity index (χ4n) is 6.45. The fourth-order valence-corrected chi connectivity index (χ4v) is 6.73. The third-order valence-electron chi connectivity index (χ3n) is 9.11. The molecule has 256 valence electrons. The minimum absolute atomic E-state index is 0.0760. The lowest BCUT2D eigenvalue weighted by molar-refractivity contribution is 0.388. The highest BCUT2D eigenvalue weighted by molar-refractivity contribution is 6.41. The molecule has 0 N–H and O–H groups in total. The summed E-state index contributed by atoms with van der Waals surface area (Å²) in [5.74, 6) is 3.00. The summed E-state index contributed by atoms with van der Waals surface area (Å²) in [6, 6.07) is 17.8. The maximum Gasteiger partial charge on any atom is 0.356 e. The molecule has 1 fully saturated rings. The average molecular weight is 703 g/mol. The lowest BCUT2D eigenvalue weighted by Crippen LogP contribution is -2.43. The third kappa shape index (κ3) is 7.16. The molecule has 12 heteroatoms. The van der Waals surface area contributed by atoms with Gasteiger partial charge < -0.3 is 19.3 Å². The summed E-state index contributed by atoms with van der Waals surface area (Å²) in [5, 5.41) is 1.02. The summed E-state index contributed by atoms with van der Waals surface area (Å²) >= 11 is 13.2. The van der Waals surface area contributed by atoms with E-state index in [-0.39, 0.29) is 22.1 Å². The molecule has 0 saturated carbocycles. The van der Waals surface area contributed by atoms with Crippen LogP contribution in [0.2, 0.25) is 10.2 Å². The van der Waals surface area contributed by atoms with Crippen LogP contribution in [0.25, 0.3) is 16.7 Å². The Morgan fingerprint density at radius 1 is 0.898 bits per heavy atom. The Labute approximate surface area is 296 Å². The number of hydrogen-bond acceptors (Lipinski definition) is 9. The summed E-state index contributed by atoms with van der Waals surface area (Å²) in [5.41, 5.74) is 3.07. The Hall–Kier alpha value is -4.41. The lowest BCUT2D eigenvalue weighted by Gasteiger charge is -2.38. The van der Waals surface area contributed by atoms with Crippen LogP contribution in [0.4, 0.5) is 11.6 Å². The highest BCUT2D eigenvalue weighted by Gasteiger charge is 2.30. The molecule has 2 aromatic carbocycles. The number of fused-ring (bicyclic) bond motifs is 1. The molecule has 49 heavy (non-hydrogen) atoms. The molecule has 2 atom stereocenters. The van der Waals surface area contributed by atoms with Crippen molar-refractivity contribution in [2.75, 3.05) is 30.6 Å². The van der Waals surface area contributed by atoms with Crippen LogP contribution in [-0.4, -0.2) is 51.3 Å². The Morgan fingerprint density at radius 3 is 2.08 bits per heavy atom. The van der Waals surface area contributed by atoms with E-state index in [1.165, 1.54) is 4.57 Å². The fraction of sp³-hybridized carbons (Fsp3) is 0.378. The monoisotopic (exact) mass is 701 g/mol. The first kappa shape index (κ1) is 34.5. The molecule has 0 bridgehead atoms. The van der Waals surface area contributed by atoms with Crippen molar-refractivity contribution in [2.24, 2.45) is 5.92 Å². The van der Waals surface area contributed by atoms with Crippen LogP contribution in [0, 0.1) is 5.92 Å². The Balaban J connectivity index is 1.60. The number of anilines is 2. The van der Waals surface area contributed by atoms with Crippen LogP contribution in [0.3, 0.4) is 0 Å². The maximum atomic E-state index is 14.5. The van der Waals surface area contributed by atoms with E-state index in [2.05, 4.69) is 23.6 Å². The normalized spacial score (nSPS) is 16.3. The van der Waals surface area contributed by atoms with E-state index in [1.54, 1.807) is 26.6 Å². The van der Waals surface area contributed by atoms with E-state index in [0.29, 0.717) is 53.1 Å². The highest BCUT2D eigenvalue weighted by atomic mass is 35.5. The molecule has 1 aliphatic rings. The second-order valence-electron chi connectivity index (χ2n) is 13.0. The first-order chi connectivity index (χ1) is 23.6. The molecule has 10 nitrogen and oxygen atoms in total. The number of pyridine rings is 1. The van der Waals surface area contributed by atoms with Crippen molar-refractivity contribution in [1.29, 1.82) is 0 Å². The molecule has 0 spiro atoms. The zero-order valence-corrected chi connectivity index (χ0v) is 30.2. The summed E-state index contributed by atoms with van der Waals surface area (Å²) in [6.45, 7) is 10.2. The van der Waals surface area contributed by atoms with E-state index in [1.807, 2.05) is 62.4 Å². The van der Waals surface area contributed by atoms with E-state index in [4.69, 9.17) is 52.6 Å². The first-order valence-corrected chi connectivity index (χ1v) is 17.2. The molecule has 0 unspecified atom stereocenters. The number of ether oxygens (including phenoxy) is 2. The second kappa shape index (κ2) is 14.6. The minimum Gasteiger partial charge on any atom is -0.497 e. The zero-order valence-electron chi connectivity index (χ0n) is 28.7. The van der Waals surface area contributed by atoms with Crippen molar-refractivity contribution in [3.05, 3.63) is 98.4 Å². The van der Waals surface area contributed by atoms with Crippen LogP contribution in [-0.2, 0) is 13.1 Å². The van der Waals surface area contributed by atoms with E-state index >= 15 is 0 Å². The Bertz CT molecular complexity index is 1950. The van der Waals surface area contributed by atoms with Gasteiger partial charge in [0, 0.05) is 25.7 Å². The Kier molecular flexibility index (Phi) is 10.3. The standard InChI is InChI=1S/C37H41Cl2N7O3/c1-22(2)31-32(46-35-29(17-30(38)33(39)42-35)34(43-37(46)47)45-18-23(3)7-8-24(45)4)36(41-21-40-31)44(19-25-9-13-27(48-5)14-10-25)20-26-11-15-28(49-6)16-12-26/h9-17,21-24H,7-8,18-20H2,1-6H3/t23-,24-/m0/s1. The van der Waals surface area contributed by atoms with Crippen molar-refractivity contribution in [3.8, 4) is 17.2 Å². The minimum atomic E-state index is -0.495. The largest absolute Gasteiger partial charge is 0.497 e. The van der Waals surface area contributed by atoms with Crippen LogP contribution in [0.15, 0.2) is 65.7 Å². The molecule has 4 heterocycles. The number of halogens is 2. The van der Waals surface area contributed by atoms with Gasteiger partial charge in [0.25, 0.3) is 0 Å². The molecule has 5 aromatic rings. The smallest absolute Gasteiger partial charge is 0.356 e. The van der Waals surface area contributed by atoms with Crippen LogP contribution < -0.4 is 25.0 Å². The summed E-state index contributed by atoms with van der Waals surface area (Å²) in [7, 11) is 3.29. The number of aromatic nitrogens is 5. The molecule has 0 radical (unpaired) electrons. The average Bonchev–Trinajstić information content (AvgIpc) is 3.10. The second-order valence-corrected chi connectivity index (χ2v) is 13.8. The van der Waals surface area contributed by atoms with Crippen molar-refractivity contribution >= 4 is 45.9 Å². The van der Waals surface area contributed by atoms with Gasteiger partial charge in [-0.3, -0.25) is 0 Å². The van der Waals surface area contributed by atoms with E-state index < -0.39 is 5.69 Å². The number of methoxy groups -OCH3 is 2. The SMILES string of the molecule is COc1ccc(CN(Cc2ccc(OC)cc2)c2ncnc(C(C)C)c2-n2c(=O)nc(N3C[C@@H](C)CC[C@@H]3C)c3cc(Cl)c(Cl)nc32)cc1. The van der Waals surface area contributed by atoms with Crippen LogP contribution in [0.5, 0.6) is 11.5 Å². The number of rotatable bonds is 10. The summed E-state index contributed by atoms with van der Waals surface area (Å²) < 4.78 is 12.3. The van der Waals surface area contributed by atoms with Gasteiger partial charge in [0.05, 0.1) is 30.3 Å². The van der Waals surface area contributed by atoms with Gasteiger partial charge in [0.1, 0.15) is 34.5 Å². The lowest BCUT2D eigenvalue weighted by atomic mass is 9.95. The first-order valence-electron chi connectivity index (χ1n) is 16.5. The van der Waals surface area contributed by atoms with E-state index in [0.717, 1.165) is 42.0 Å². The van der Waals surface area contributed by atoms with Crippen molar-refractivity contribution in [3.63, 3.8) is 0 Å². The van der Waals surface area contributed by atoms with Gasteiger partial charge in [-0.05, 0) is 73.1 Å². The predicted molar refractivity (Wildman–Crippen MR) is 196 cm³/mol. The molecule has 1 saturated heterocycles. The number of nitrogens with zero attached hydrogens (tertiary/aromatic N) is 7. The van der Waals surface area contributed by atoms with Crippen molar-refractivity contribution in [1.82, 2.24) is 24.5 Å². The molecule has 3 aromatic heterocycles. The molecule has 0 amide bonds. The molecular formula is C37H41Cl2N7O3. The van der Waals surface area contributed by atoms with Gasteiger partial charge in [0.15, 0.2) is 11.5 Å². The van der Waals surface area contributed by atoms with Crippen molar-refractivity contribution < 1.29 is 9.47 Å². The van der Waals surface area contributed by atoms with Crippen LogP contribution >= 0.6 is 23.2 Å². The zero-order chi connectivity index (χ0) is 34.8. The van der Waals surface area contributed by atoms with Gasteiger partial charge in [0.2, 0.25) is 0 Å². The molecular weight excluding hydrogens is 661 g/mol. The van der Waals surface area contributed by atoms with Gasteiger partial charge in [-0.25, -0.2) is 24.3 Å². The summed E-state index contributed by atoms with van der Waals surface area (Å²) in [6.07, 6.45) is 3.65. The van der Waals surface area contributed by atoms with Gasteiger partial charge in [-0.2, -0.15) is 4.98 Å². The third-order valence-corrected chi connectivity index (χ3v) is 9.79. The van der Waals surface area contributed by atoms with Gasteiger partial charge >= 0.3 is 5.69 Å². The molecule has 0 aliphatic carbocycles. The quantitative estimate of drug-likeness (QED) is 0.135. The predicted octanol–water partition coefficient (Wildman–Crippen LogP) is 7.85. The topological polar surface area (TPSA) is 98.5 Å². The highest BCUT2D eigenvalue weighted by Crippen LogP contribution is 2.37. The number of benzene rings is 2. The molecule has 1 aliphatic heterocycles. The summed E-state index contributed by atoms with van der Waals surface area (Å²) in [4.78, 5) is 37.9. The molecule has 6 rings (SSSR count). The van der Waals surface area contributed by atoms with Crippen molar-refractivity contribution in [2.45, 2.75) is 65.6 Å². The maximum absolute atomic E-state index is 14.5.